The SMILES string of the molecule is CC(=O)Nc1ccc(CC(=O)Nc2c(-c3ccccc3)nc3c(C)cccn23)cc1. The maximum absolute atomic E-state index is 12.8. The van der Waals surface area contributed by atoms with Gasteiger partial charge in [-0.15, -0.1) is 0 Å². The van der Waals surface area contributed by atoms with Gasteiger partial charge in [0.1, 0.15) is 17.2 Å². The zero-order valence-electron chi connectivity index (χ0n) is 16.8. The highest BCUT2D eigenvalue weighted by Gasteiger charge is 2.17. The number of nitrogens with zero attached hydrogens (tertiary/aromatic N) is 2. The van der Waals surface area contributed by atoms with Crippen LogP contribution in [0.2, 0.25) is 0 Å². The standard InChI is InChI=1S/C24H22N4O2/c1-16-7-6-14-28-23(16)27-22(19-8-4-3-5-9-19)24(28)26-21(30)15-18-10-12-20(13-11-18)25-17(2)29/h3-14H,15H2,1-2H3,(H,25,29)(H,26,30). The van der Waals surface area contributed by atoms with Gasteiger partial charge in [0.25, 0.3) is 0 Å². The third kappa shape index (κ3) is 4.07. The average molecular weight is 398 g/mol. The van der Waals surface area contributed by atoms with Gasteiger partial charge in [0.15, 0.2) is 0 Å². The molecule has 2 amide bonds. The van der Waals surface area contributed by atoms with Gasteiger partial charge in [0, 0.05) is 24.4 Å². The number of carbonyl (C=O) groups excluding carboxylic acids is 2. The molecule has 0 aliphatic carbocycles. The van der Waals surface area contributed by atoms with Crippen molar-refractivity contribution in [3.8, 4) is 11.3 Å². The van der Waals surface area contributed by atoms with Crippen LogP contribution in [0.1, 0.15) is 18.1 Å². The highest BCUT2D eigenvalue weighted by atomic mass is 16.2. The van der Waals surface area contributed by atoms with Crippen molar-refractivity contribution in [2.45, 2.75) is 20.3 Å². The maximum Gasteiger partial charge on any atom is 0.229 e. The first-order chi connectivity index (χ1) is 14.5. The maximum atomic E-state index is 12.8. The van der Waals surface area contributed by atoms with Gasteiger partial charge in [-0.3, -0.25) is 14.0 Å². The largest absolute Gasteiger partial charge is 0.326 e. The second-order valence-corrected chi connectivity index (χ2v) is 7.16. The second-order valence-electron chi connectivity index (χ2n) is 7.16. The van der Waals surface area contributed by atoms with Gasteiger partial charge < -0.3 is 10.6 Å². The van der Waals surface area contributed by atoms with Gasteiger partial charge in [-0.2, -0.15) is 0 Å². The lowest BCUT2D eigenvalue weighted by Gasteiger charge is -2.09. The zero-order chi connectivity index (χ0) is 21.1. The van der Waals surface area contributed by atoms with Crippen molar-refractivity contribution in [3.05, 3.63) is 84.1 Å². The highest BCUT2D eigenvalue weighted by Crippen LogP contribution is 2.29. The van der Waals surface area contributed by atoms with Gasteiger partial charge >= 0.3 is 0 Å². The summed E-state index contributed by atoms with van der Waals surface area (Å²) in [7, 11) is 0. The summed E-state index contributed by atoms with van der Waals surface area (Å²) < 4.78 is 1.91. The summed E-state index contributed by atoms with van der Waals surface area (Å²) >= 11 is 0. The number of imidazole rings is 1. The lowest BCUT2D eigenvalue weighted by Crippen LogP contribution is -2.16. The quantitative estimate of drug-likeness (QED) is 0.522. The fraction of sp³-hybridized carbons (Fsp3) is 0.125. The molecule has 0 atom stereocenters. The van der Waals surface area contributed by atoms with Gasteiger partial charge in [0.05, 0.1) is 6.42 Å². The molecule has 4 aromatic rings. The molecule has 2 heterocycles. The van der Waals surface area contributed by atoms with Crippen molar-refractivity contribution in [1.29, 1.82) is 0 Å². The molecule has 2 aromatic carbocycles. The molecule has 30 heavy (non-hydrogen) atoms. The summed E-state index contributed by atoms with van der Waals surface area (Å²) in [4.78, 5) is 28.8. The van der Waals surface area contributed by atoms with Crippen LogP contribution >= 0.6 is 0 Å². The summed E-state index contributed by atoms with van der Waals surface area (Å²) in [6.07, 6.45) is 2.12. The number of benzene rings is 2. The van der Waals surface area contributed by atoms with E-state index >= 15 is 0 Å². The van der Waals surface area contributed by atoms with Crippen molar-refractivity contribution in [2.75, 3.05) is 10.6 Å². The van der Waals surface area contributed by atoms with E-state index in [1.165, 1.54) is 6.92 Å². The fourth-order valence-electron chi connectivity index (χ4n) is 3.39. The van der Waals surface area contributed by atoms with Gasteiger partial charge in [0.2, 0.25) is 11.8 Å². The molecule has 0 saturated heterocycles. The molecule has 0 saturated carbocycles. The van der Waals surface area contributed by atoms with Crippen LogP contribution in [0.25, 0.3) is 16.9 Å². The Morgan fingerprint density at radius 3 is 2.37 bits per heavy atom. The number of hydrogen-bond donors (Lipinski definition) is 2. The minimum absolute atomic E-state index is 0.128. The molecular weight excluding hydrogens is 376 g/mol. The monoisotopic (exact) mass is 398 g/mol. The van der Waals surface area contributed by atoms with E-state index in [1.807, 2.05) is 72.1 Å². The highest BCUT2D eigenvalue weighted by molar-refractivity contribution is 5.96. The van der Waals surface area contributed by atoms with Crippen molar-refractivity contribution in [2.24, 2.45) is 0 Å². The van der Waals surface area contributed by atoms with Crippen LogP contribution in [-0.2, 0) is 16.0 Å². The summed E-state index contributed by atoms with van der Waals surface area (Å²) in [5, 5.41) is 5.77. The number of rotatable bonds is 5. The number of hydrogen-bond acceptors (Lipinski definition) is 3. The molecule has 0 radical (unpaired) electrons. The molecule has 2 aromatic heterocycles. The van der Waals surface area contributed by atoms with Crippen molar-refractivity contribution >= 4 is 29.0 Å². The molecule has 0 bridgehead atoms. The van der Waals surface area contributed by atoms with Crippen molar-refractivity contribution in [1.82, 2.24) is 9.38 Å². The number of amides is 2. The van der Waals surface area contributed by atoms with Crippen LogP contribution in [0.5, 0.6) is 0 Å². The Bertz CT molecular complexity index is 1210. The van der Waals surface area contributed by atoms with Crippen molar-refractivity contribution in [3.63, 3.8) is 0 Å². The number of fused-ring (bicyclic) bond motifs is 1. The van der Waals surface area contributed by atoms with Gasteiger partial charge in [-0.25, -0.2) is 4.98 Å². The number of carbonyl (C=O) groups is 2. The summed E-state index contributed by atoms with van der Waals surface area (Å²) in [5.74, 6) is 0.388. The Morgan fingerprint density at radius 2 is 1.67 bits per heavy atom. The Labute approximate surface area is 174 Å². The van der Waals surface area contributed by atoms with Crippen LogP contribution in [0.3, 0.4) is 0 Å². The predicted octanol–water partition coefficient (Wildman–Crippen LogP) is 4.45. The molecule has 4 rings (SSSR count). The van der Waals surface area contributed by atoms with Crippen LogP contribution in [0.15, 0.2) is 72.9 Å². The van der Waals surface area contributed by atoms with Gasteiger partial charge in [-0.05, 0) is 36.2 Å². The molecule has 6 heteroatoms. The predicted molar refractivity (Wildman–Crippen MR) is 118 cm³/mol. The molecule has 0 spiro atoms. The van der Waals surface area contributed by atoms with Crippen LogP contribution in [0, 0.1) is 6.92 Å². The van der Waals surface area contributed by atoms with E-state index in [2.05, 4.69) is 10.6 Å². The van der Waals surface area contributed by atoms with E-state index < -0.39 is 0 Å². The summed E-state index contributed by atoms with van der Waals surface area (Å²) in [6.45, 7) is 3.46. The molecule has 0 fully saturated rings. The number of pyridine rings is 1. The van der Waals surface area contributed by atoms with Crippen LogP contribution in [-0.4, -0.2) is 21.2 Å². The summed E-state index contributed by atoms with van der Waals surface area (Å²) in [5.41, 5.74) is 5.08. The summed E-state index contributed by atoms with van der Waals surface area (Å²) in [6, 6.07) is 21.0. The Morgan fingerprint density at radius 1 is 0.933 bits per heavy atom. The van der Waals surface area contributed by atoms with Gasteiger partial charge in [-0.1, -0.05) is 48.5 Å². The zero-order valence-corrected chi connectivity index (χ0v) is 16.8. The number of aromatic nitrogens is 2. The van der Waals surface area contributed by atoms with Crippen LogP contribution < -0.4 is 10.6 Å². The topological polar surface area (TPSA) is 75.5 Å². The van der Waals surface area contributed by atoms with Crippen LogP contribution in [0.4, 0.5) is 11.5 Å². The fourth-order valence-corrected chi connectivity index (χ4v) is 3.39. The Balaban J connectivity index is 1.62. The third-order valence-corrected chi connectivity index (χ3v) is 4.79. The molecule has 0 aliphatic rings. The lowest BCUT2D eigenvalue weighted by atomic mass is 10.1. The Hall–Kier alpha value is -3.93. The molecule has 150 valence electrons. The minimum Gasteiger partial charge on any atom is -0.326 e. The molecule has 0 unspecified atom stereocenters. The van der Waals surface area contributed by atoms with Crippen molar-refractivity contribution < 1.29 is 9.59 Å². The van der Waals surface area contributed by atoms with E-state index in [0.717, 1.165) is 28.0 Å². The average Bonchev–Trinajstić information content (AvgIpc) is 3.09. The van der Waals surface area contributed by atoms with E-state index in [9.17, 15) is 9.59 Å². The Kier molecular flexibility index (Phi) is 5.30. The first kappa shape index (κ1) is 19.4. The normalized spacial score (nSPS) is 10.7. The number of nitrogens with one attached hydrogen (secondary N) is 2. The van der Waals surface area contributed by atoms with E-state index in [1.54, 1.807) is 12.1 Å². The molecule has 2 N–H and O–H groups in total. The smallest absolute Gasteiger partial charge is 0.229 e. The lowest BCUT2D eigenvalue weighted by molar-refractivity contribution is -0.116. The first-order valence-electron chi connectivity index (χ1n) is 9.71. The third-order valence-electron chi connectivity index (χ3n) is 4.79. The second kappa shape index (κ2) is 8.21. The number of anilines is 2. The van der Waals surface area contributed by atoms with E-state index in [-0.39, 0.29) is 18.2 Å². The number of aryl methyl sites for hydroxylation is 1. The first-order valence-corrected chi connectivity index (χ1v) is 9.71. The molecular formula is C24H22N4O2. The van der Waals surface area contributed by atoms with E-state index in [0.29, 0.717) is 11.5 Å². The molecule has 0 aliphatic heterocycles. The molecule has 6 nitrogen and oxygen atoms in total. The minimum atomic E-state index is -0.136. The van der Waals surface area contributed by atoms with E-state index in [4.69, 9.17) is 4.98 Å².